The van der Waals surface area contributed by atoms with Gasteiger partial charge in [-0.3, -0.25) is 4.79 Å². The first-order valence-corrected chi connectivity index (χ1v) is 8.52. The fourth-order valence-corrected chi connectivity index (χ4v) is 3.06. The number of hydrogen-bond acceptors (Lipinski definition) is 6. The molecular weight excluding hydrogens is 361 g/mol. The minimum Gasteiger partial charge on any atom is -0.454 e. The predicted octanol–water partition coefficient (Wildman–Crippen LogP) is 3.18. The fraction of sp³-hybridized carbons (Fsp3) is 0.190. The van der Waals surface area contributed by atoms with Gasteiger partial charge in [-0.2, -0.15) is 5.26 Å². The zero-order valence-electron chi connectivity index (χ0n) is 15.7. The molecule has 0 amide bonds. The number of rotatable bonds is 4. The predicted molar refractivity (Wildman–Crippen MR) is 102 cm³/mol. The molecule has 0 N–H and O–H groups in total. The fourth-order valence-electron chi connectivity index (χ4n) is 3.06. The molecule has 0 saturated heterocycles. The Labute approximate surface area is 162 Å². The summed E-state index contributed by atoms with van der Waals surface area (Å²) in [5, 5.41) is 9.55. The lowest BCUT2D eigenvalue weighted by atomic mass is 10.1. The van der Waals surface area contributed by atoms with Crippen molar-refractivity contribution in [3.63, 3.8) is 0 Å². The molecule has 2 aromatic carbocycles. The number of halogens is 1. The minimum absolute atomic E-state index is 0.00423. The highest BCUT2D eigenvalue weighted by molar-refractivity contribution is 6.04. The van der Waals surface area contributed by atoms with Gasteiger partial charge < -0.3 is 14.5 Å². The van der Waals surface area contributed by atoms with E-state index in [0.717, 1.165) is 17.4 Å². The molecule has 0 bridgehead atoms. The highest BCUT2D eigenvalue weighted by atomic mass is 19.1. The molecule has 1 heterocycles. The topological polar surface area (TPSA) is 73.6 Å². The summed E-state index contributed by atoms with van der Waals surface area (Å²) >= 11 is 0. The summed E-state index contributed by atoms with van der Waals surface area (Å²) in [5.74, 6) is -1.59. The highest BCUT2D eigenvalue weighted by Gasteiger charge is 2.31. The van der Waals surface area contributed by atoms with Crippen LogP contribution in [0.5, 0.6) is 0 Å². The first kappa shape index (κ1) is 19.1. The lowest BCUT2D eigenvalue weighted by Crippen LogP contribution is -2.27. The summed E-state index contributed by atoms with van der Waals surface area (Å²) in [5.41, 5.74) is 1.99. The van der Waals surface area contributed by atoms with Gasteiger partial charge >= 0.3 is 5.97 Å². The Kier molecular flexibility index (Phi) is 5.14. The van der Waals surface area contributed by atoms with Gasteiger partial charge in [-0.1, -0.05) is 18.2 Å². The quantitative estimate of drug-likeness (QED) is 0.462. The first-order valence-electron chi connectivity index (χ1n) is 8.52. The number of aryl methyl sites for hydroxylation is 1. The highest BCUT2D eigenvalue weighted by Crippen LogP contribution is 2.40. The van der Waals surface area contributed by atoms with Crippen LogP contribution in [0.4, 0.5) is 15.8 Å². The van der Waals surface area contributed by atoms with Crippen LogP contribution in [-0.2, 0) is 9.53 Å². The second-order valence-corrected chi connectivity index (χ2v) is 6.38. The zero-order chi connectivity index (χ0) is 20.4. The van der Waals surface area contributed by atoms with Gasteiger partial charge in [0, 0.05) is 14.1 Å². The summed E-state index contributed by atoms with van der Waals surface area (Å²) in [6.07, 6.45) is 0. The molecule has 3 rings (SSSR count). The molecule has 0 aliphatic carbocycles. The maximum atomic E-state index is 13.6. The number of carbonyl (C=O) groups is 2. The van der Waals surface area contributed by atoms with E-state index in [2.05, 4.69) is 0 Å². The molecule has 0 saturated carbocycles. The SMILES string of the molecule is Cc1ccc(C(=O)OCC(=O)C(C#N)=C2N(C)c3ccccc3N2C)cc1F. The molecule has 1 aliphatic rings. The van der Waals surface area contributed by atoms with Crippen LogP contribution < -0.4 is 9.80 Å². The van der Waals surface area contributed by atoms with Crippen LogP contribution in [0.2, 0.25) is 0 Å². The van der Waals surface area contributed by atoms with E-state index in [-0.39, 0.29) is 11.1 Å². The Morgan fingerprint density at radius 2 is 1.71 bits per heavy atom. The minimum atomic E-state index is -0.828. The number of benzene rings is 2. The van der Waals surface area contributed by atoms with Crippen molar-refractivity contribution in [1.29, 1.82) is 5.26 Å². The van der Waals surface area contributed by atoms with E-state index in [4.69, 9.17) is 4.74 Å². The van der Waals surface area contributed by atoms with E-state index in [1.165, 1.54) is 12.1 Å². The lowest BCUT2D eigenvalue weighted by molar-refractivity contribution is -0.118. The Bertz CT molecular complexity index is 1010. The van der Waals surface area contributed by atoms with E-state index >= 15 is 0 Å². The van der Waals surface area contributed by atoms with Crippen molar-refractivity contribution >= 4 is 23.1 Å². The maximum absolute atomic E-state index is 13.6. The number of carbonyl (C=O) groups excluding carboxylic acids is 2. The molecule has 7 heteroatoms. The van der Waals surface area contributed by atoms with Gasteiger partial charge in [-0.25, -0.2) is 9.18 Å². The number of Topliss-reactive ketones (excluding diaryl/α,β-unsaturated/α-hetero) is 1. The van der Waals surface area contributed by atoms with E-state index in [9.17, 15) is 19.2 Å². The van der Waals surface area contributed by atoms with Gasteiger partial charge in [-0.15, -0.1) is 0 Å². The number of nitriles is 1. The number of anilines is 2. The third-order valence-corrected chi connectivity index (χ3v) is 4.60. The molecule has 28 heavy (non-hydrogen) atoms. The van der Waals surface area contributed by atoms with Crippen molar-refractivity contribution in [3.8, 4) is 6.07 Å². The van der Waals surface area contributed by atoms with Gasteiger partial charge in [-0.05, 0) is 36.8 Å². The zero-order valence-corrected chi connectivity index (χ0v) is 15.7. The smallest absolute Gasteiger partial charge is 0.338 e. The number of fused-ring (bicyclic) bond motifs is 1. The van der Waals surface area contributed by atoms with Crippen LogP contribution in [-0.4, -0.2) is 32.5 Å². The molecule has 0 unspecified atom stereocenters. The number of hydrogen-bond donors (Lipinski definition) is 0. The van der Waals surface area contributed by atoms with Crippen molar-refractivity contribution in [2.45, 2.75) is 6.92 Å². The molecule has 142 valence electrons. The van der Waals surface area contributed by atoms with Crippen LogP contribution in [0.15, 0.2) is 53.9 Å². The van der Waals surface area contributed by atoms with E-state index < -0.39 is 24.2 Å². The van der Waals surface area contributed by atoms with Gasteiger partial charge in [0.1, 0.15) is 23.3 Å². The van der Waals surface area contributed by atoms with E-state index in [1.807, 2.05) is 30.3 Å². The van der Waals surface area contributed by atoms with Crippen molar-refractivity contribution in [3.05, 3.63) is 70.8 Å². The van der Waals surface area contributed by atoms with Crippen LogP contribution in [0.3, 0.4) is 0 Å². The molecule has 2 aromatic rings. The first-order chi connectivity index (χ1) is 13.3. The van der Waals surface area contributed by atoms with Crippen molar-refractivity contribution in [2.75, 3.05) is 30.5 Å². The average Bonchev–Trinajstić information content (AvgIpc) is 2.94. The Morgan fingerprint density at radius 3 is 2.25 bits per heavy atom. The van der Waals surface area contributed by atoms with Crippen LogP contribution >= 0.6 is 0 Å². The number of nitrogens with zero attached hydrogens (tertiary/aromatic N) is 3. The van der Waals surface area contributed by atoms with Crippen LogP contribution in [0.1, 0.15) is 15.9 Å². The van der Waals surface area contributed by atoms with Crippen LogP contribution in [0, 0.1) is 24.1 Å². The largest absolute Gasteiger partial charge is 0.454 e. The molecular formula is C21H18FN3O3. The number of ketones is 1. The summed E-state index contributed by atoms with van der Waals surface area (Å²) < 4.78 is 18.6. The molecule has 0 aromatic heterocycles. The number of para-hydroxylation sites is 2. The van der Waals surface area contributed by atoms with Crippen molar-refractivity contribution in [2.24, 2.45) is 0 Å². The van der Waals surface area contributed by atoms with Crippen molar-refractivity contribution < 1.29 is 18.7 Å². The molecule has 0 atom stereocenters. The Balaban J connectivity index is 1.79. The average molecular weight is 379 g/mol. The monoisotopic (exact) mass is 379 g/mol. The third kappa shape index (κ3) is 3.32. The van der Waals surface area contributed by atoms with Gasteiger partial charge in [0.25, 0.3) is 0 Å². The second-order valence-electron chi connectivity index (χ2n) is 6.38. The molecule has 6 nitrogen and oxygen atoms in total. The van der Waals surface area contributed by atoms with E-state index in [0.29, 0.717) is 11.4 Å². The molecule has 0 spiro atoms. The summed E-state index contributed by atoms with van der Waals surface area (Å²) in [4.78, 5) is 28.1. The number of ether oxygens (including phenoxy) is 1. The summed E-state index contributed by atoms with van der Waals surface area (Å²) in [6, 6.07) is 13.3. The van der Waals surface area contributed by atoms with Crippen LogP contribution in [0.25, 0.3) is 0 Å². The Hall–Kier alpha value is -3.66. The van der Waals surface area contributed by atoms with Gasteiger partial charge in [0.15, 0.2) is 6.61 Å². The third-order valence-electron chi connectivity index (χ3n) is 4.60. The summed E-state index contributed by atoms with van der Waals surface area (Å²) in [6.45, 7) is 0.963. The molecule has 1 aliphatic heterocycles. The second kappa shape index (κ2) is 7.53. The van der Waals surface area contributed by atoms with Gasteiger partial charge in [0.05, 0.1) is 16.9 Å². The molecule has 0 radical (unpaired) electrons. The summed E-state index contributed by atoms with van der Waals surface area (Å²) in [7, 11) is 3.51. The van der Waals surface area contributed by atoms with Crippen molar-refractivity contribution in [1.82, 2.24) is 0 Å². The normalized spacial score (nSPS) is 12.5. The lowest BCUT2D eigenvalue weighted by Gasteiger charge is -2.19. The standard InChI is InChI=1S/C21H18FN3O3/c1-13-8-9-14(10-16(13)22)21(27)28-12-19(26)15(11-23)20-24(2)17-6-4-5-7-18(17)25(20)3/h4-10H,12H2,1-3H3. The number of esters is 1. The molecule has 0 fully saturated rings. The van der Waals surface area contributed by atoms with Gasteiger partial charge in [0.2, 0.25) is 5.78 Å². The van der Waals surface area contributed by atoms with E-state index in [1.54, 1.807) is 30.8 Å². The Morgan fingerprint density at radius 1 is 1.11 bits per heavy atom. The maximum Gasteiger partial charge on any atom is 0.338 e.